The van der Waals surface area contributed by atoms with Gasteiger partial charge in [0, 0.05) is 19.4 Å². The van der Waals surface area contributed by atoms with Crippen molar-refractivity contribution in [2.45, 2.75) is 174 Å². The Hall–Kier alpha value is -2.23. The highest BCUT2D eigenvalue weighted by Gasteiger charge is 2.49. The van der Waals surface area contributed by atoms with Crippen molar-refractivity contribution in [3.05, 3.63) is 85.0 Å². The molecule has 0 radical (unpaired) electrons. The Morgan fingerprint density at radius 2 is 0.979 bits per heavy atom. The van der Waals surface area contributed by atoms with Gasteiger partial charge in [-0.2, -0.15) is 0 Å². The smallest absolute Gasteiger partial charge is 0.261 e. The van der Waals surface area contributed by atoms with Gasteiger partial charge in [-0.1, -0.05) is 190 Å². The molecule has 0 aromatic heterocycles. The number of benzene rings is 2. The van der Waals surface area contributed by atoms with Crippen molar-refractivity contribution in [2.24, 2.45) is 0 Å². The van der Waals surface area contributed by atoms with Crippen molar-refractivity contribution >= 4 is 24.5 Å². The SMILES string of the molecule is CCCCCC=CCC=CCCCCCCCCC(=O)CCCCCCCCCCO[Si](c1ccccc1)(c1ccccc1)C(C)(C)C. The van der Waals surface area contributed by atoms with E-state index >= 15 is 0 Å². The molecule has 268 valence electrons. The van der Waals surface area contributed by atoms with Crippen molar-refractivity contribution < 1.29 is 9.22 Å². The highest BCUT2D eigenvalue weighted by Crippen LogP contribution is 2.36. The van der Waals surface area contributed by atoms with Crippen LogP contribution in [0.3, 0.4) is 0 Å². The zero-order valence-electron chi connectivity index (χ0n) is 31.7. The first-order valence-electron chi connectivity index (χ1n) is 20.0. The number of ketones is 1. The molecule has 0 unspecified atom stereocenters. The Balaban J connectivity index is 1.45. The zero-order chi connectivity index (χ0) is 34.6. The average Bonchev–Trinajstić information content (AvgIpc) is 3.09. The lowest BCUT2D eigenvalue weighted by Crippen LogP contribution is -2.66. The topological polar surface area (TPSA) is 26.3 Å². The number of hydrogen-bond donors (Lipinski definition) is 0. The molecule has 2 aromatic carbocycles. The fourth-order valence-electron chi connectivity index (χ4n) is 6.91. The second-order valence-electron chi connectivity index (χ2n) is 15.0. The van der Waals surface area contributed by atoms with Gasteiger partial charge in [-0.05, 0) is 66.8 Å². The van der Waals surface area contributed by atoms with E-state index in [-0.39, 0.29) is 5.04 Å². The number of allylic oxidation sites excluding steroid dienone is 4. The van der Waals surface area contributed by atoms with Gasteiger partial charge in [0.15, 0.2) is 0 Å². The Kier molecular flexibility index (Phi) is 23.2. The third kappa shape index (κ3) is 17.4. The minimum atomic E-state index is -2.41. The van der Waals surface area contributed by atoms with Crippen molar-refractivity contribution in [3.63, 3.8) is 0 Å². The molecule has 0 aliphatic rings. The van der Waals surface area contributed by atoms with E-state index in [9.17, 15) is 4.79 Å². The maximum absolute atomic E-state index is 12.3. The van der Waals surface area contributed by atoms with E-state index in [4.69, 9.17) is 4.43 Å². The normalized spacial score (nSPS) is 12.4. The standard InChI is InChI=1S/C45H72O2Si/c1-5-6-7-8-9-10-11-12-13-14-15-16-17-20-23-28-35-42(46)36-29-24-21-18-19-22-25-34-41-47-48(45(2,3)4,43-37-30-26-31-38-43)44-39-32-27-33-40-44/h9-10,12-13,26-27,30-33,37-40H,5-8,11,14-25,28-29,34-36,41H2,1-4H3. The second-order valence-corrected chi connectivity index (χ2v) is 19.3. The summed E-state index contributed by atoms with van der Waals surface area (Å²) < 4.78 is 7.04. The van der Waals surface area contributed by atoms with Crippen molar-refractivity contribution in [2.75, 3.05) is 6.61 Å². The summed E-state index contributed by atoms with van der Waals surface area (Å²) in [7, 11) is -2.41. The minimum absolute atomic E-state index is 0.0412. The average molecular weight is 673 g/mol. The third-order valence-electron chi connectivity index (χ3n) is 9.74. The van der Waals surface area contributed by atoms with Crippen LogP contribution in [-0.2, 0) is 9.22 Å². The molecule has 0 spiro atoms. The number of unbranched alkanes of at least 4 members (excludes halogenated alkanes) is 16. The molecule has 0 fully saturated rings. The second kappa shape index (κ2) is 26.6. The Morgan fingerprint density at radius 3 is 1.44 bits per heavy atom. The Morgan fingerprint density at radius 1 is 0.562 bits per heavy atom. The van der Waals surface area contributed by atoms with Gasteiger partial charge in [0.2, 0.25) is 0 Å². The largest absolute Gasteiger partial charge is 0.407 e. The molecule has 0 aliphatic heterocycles. The van der Waals surface area contributed by atoms with E-state index in [1.165, 1.54) is 113 Å². The predicted molar refractivity (Wildman–Crippen MR) is 214 cm³/mol. The van der Waals surface area contributed by atoms with Crippen LogP contribution in [0.15, 0.2) is 85.0 Å². The number of rotatable bonds is 29. The highest BCUT2D eigenvalue weighted by atomic mass is 28.4. The minimum Gasteiger partial charge on any atom is -0.407 e. The summed E-state index contributed by atoms with van der Waals surface area (Å²) >= 11 is 0. The van der Waals surface area contributed by atoms with Crippen LogP contribution < -0.4 is 10.4 Å². The van der Waals surface area contributed by atoms with Crippen LogP contribution >= 0.6 is 0 Å². The Labute approximate surface area is 298 Å². The van der Waals surface area contributed by atoms with E-state index < -0.39 is 8.32 Å². The molecule has 3 heteroatoms. The summed E-state index contributed by atoms with van der Waals surface area (Å²) in [5, 5.41) is 2.77. The van der Waals surface area contributed by atoms with Crippen LogP contribution in [0.1, 0.15) is 169 Å². The first-order valence-corrected chi connectivity index (χ1v) is 21.9. The summed E-state index contributed by atoms with van der Waals surface area (Å²) in [4.78, 5) is 12.3. The predicted octanol–water partition coefficient (Wildman–Crippen LogP) is 12.8. The van der Waals surface area contributed by atoms with E-state index in [0.717, 1.165) is 45.1 Å². The van der Waals surface area contributed by atoms with Crippen LogP contribution in [0.25, 0.3) is 0 Å². The number of hydrogen-bond acceptors (Lipinski definition) is 2. The van der Waals surface area contributed by atoms with Crippen LogP contribution in [0.4, 0.5) is 0 Å². The fourth-order valence-corrected chi connectivity index (χ4v) is 11.5. The van der Waals surface area contributed by atoms with Gasteiger partial charge >= 0.3 is 0 Å². The first kappa shape index (κ1) is 41.9. The molecule has 0 bridgehead atoms. The molecule has 0 amide bonds. The van der Waals surface area contributed by atoms with Crippen LogP contribution in [0.2, 0.25) is 5.04 Å². The lowest BCUT2D eigenvalue weighted by Gasteiger charge is -2.43. The molecule has 0 aliphatic carbocycles. The molecule has 0 saturated heterocycles. The van der Waals surface area contributed by atoms with E-state index in [1.54, 1.807) is 0 Å². The molecular weight excluding hydrogens is 601 g/mol. The van der Waals surface area contributed by atoms with Gasteiger partial charge < -0.3 is 4.43 Å². The molecule has 2 nitrogen and oxygen atoms in total. The molecule has 2 rings (SSSR count). The van der Waals surface area contributed by atoms with Gasteiger partial charge in [0.05, 0.1) is 0 Å². The summed E-state index contributed by atoms with van der Waals surface area (Å²) in [5.41, 5.74) is 0. The van der Waals surface area contributed by atoms with Crippen LogP contribution in [-0.4, -0.2) is 20.7 Å². The van der Waals surface area contributed by atoms with Crippen molar-refractivity contribution in [1.29, 1.82) is 0 Å². The maximum Gasteiger partial charge on any atom is 0.261 e. The van der Waals surface area contributed by atoms with E-state index in [2.05, 4.69) is 113 Å². The molecule has 0 atom stereocenters. The summed E-state index contributed by atoms with van der Waals surface area (Å²) in [6.07, 6.45) is 35.7. The number of carbonyl (C=O) groups excluding carboxylic acids is 1. The lowest BCUT2D eigenvalue weighted by atomic mass is 10.0. The number of carbonyl (C=O) groups is 1. The highest BCUT2D eigenvalue weighted by molar-refractivity contribution is 6.99. The van der Waals surface area contributed by atoms with Gasteiger partial charge in [-0.15, -0.1) is 0 Å². The van der Waals surface area contributed by atoms with Gasteiger partial charge in [0.25, 0.3) is 8.32 Å². The zero-order valence-corrected chi connectivity index (χ0v) is 32.7. The maximum atomic E-state index is 12.3. The van der Waals surface area contributed by atoms with E-state index in [0.29, 0.717) is 5.78 Å². The number of Topliss-reactive ketones (excluding diaryl/α,β-unsaturated/α-hetero) is 1. The molecular formula is C45H72O2Si. The summed E-state index contributed by atoms with van der Waals surface area (Å²) in [6.45, 7) is 10.1. The van der Waals surface area contributed by atoms with Crippen LogP contribution in [0, 0.1) is 0 Å². The van der Waals surface area contributed by atoms with Gasteiger partial charge in [0.1, 0.15) is 5.78 Å². The van der Waals surface area contributed by atoms with Gasteiger partial charge in [-0.25, -0.2) is 0 Å². The molecule has 0 heterocycles. The van der Waals surface area contributed by atoms with Gasteiger partial charge in [-0.3, -0.25) is 4.79 Å². The summed E-state index contributed by atoms with van der Waals surface area (Å²) in [5.74, 6) is 0.487. The lowest BCUT2D eigenvalue weighted by molar-refractivity contribution is -0.119. The third-order valence-corrected chi connectivity index (χ3v) is 14.8. The quantitative estimate of drug-likeness (QED) is 0.0488. The van der Waals surface area contributed by atoms with Crippen molar-refractivity contribution in [3.8, 4) is 0 Å². The Bertz CT molecular complexity index is 1060. The monoisotopic (exact) mass is 673 g/mol. The van der Waals surface area contributed by atoms with E-state index in [1.807, 2.05) is 0 Å². The molecule has 0 N–H and O–H groups in total. The summed E-state index contributed by atoms with van der Waals surface area (Å²) in [6, 6.07) is 21.9. The van der Waals surface area contributed by atoms with Crippen molar-refractivity contribution in [1.82, 2.24) is 0 Å². The van der Waals surface area contributed by atoms with Crippen LogP contribution in [0.5, 0.6) is 0 Å². The molecule has 48 heavy (non-hydrogen) atoms. The molecule has 2 aromatic rings. The first-order chi connectivity index (χ1) is 23.4. The molecule has 0 saturated carbocycles. The fraction of sp³-hybridized carbons (Fsp3) is 0.622.